The Hall–Kier alpha value is -4.38. The maximum Gasteiger partial charge on any atom is 0.308 e. The van der Waals surface area contributed by atoms with Crippen molar-refractivity contribution in [2.75, 3.05) is 5.32 Å². The number of rotatable bonds is 3. The minimum Gasteiger partial charge on any atom is -0.481 e. The van der Waals surface area contributed by atoms with Gasteiger partial charge in [-0.2, -0.15) is 0 Å². The lowest BCUT2D eigenvalue weighted by molar-refractivity contribution is -0.148. The Balaban J connectivity index is 1.32. The van der Waals surface area contributed by atoms with Crippen molar-refractivity contribution in [3.8, 4) is 0 Å². The van der Waals surface area contributed by atoms with Crippen LogP contribution in [0.5, 0.6) is 0 Å². The Kier molecular flexibility index (Phi) is 4.18. The van der Waals surface area contributed by atoms with Crippen molar-refractivity contribution >= 4 is 39.5 Å². The van der Waals surface area contributed by atoms with Gasteiger partial charge in [-0.1, -0.05) is 66.7 Å². The van der Waals surface area contributed by atoms with Gasteiger partial charge in [0.15, 0.2) is 0 Å². The molecule has 1 amide bonds. The van der Waals surface area contributed by atoms with E-state index in [1.54, 1.807) is 0 Å². The van der Waals surface area contributed by atoms with E-state index in [1.807, 2.05) is 91.0 Å². The molecule has 0 saturated carbocycles. The molecule has 0 saturated heterocycles. The molecule has 170 valence electrons. The lowest BCUT2D eigenvalue weighted by atomic mass is 9.54. The number of furan rings is 1. The second-order valence-corrected chi connectivity index (χ2v) is 9.40. The number of carboxylic acid groups (broad SMARTS) is 1. The van der Waals surface area contributed by atoms with E-state index in [2.05, 4.69) is 5.32 Å². The number of anilines is 1. The third-order valence-corrected chi connectivity index (χ3v) is 7.67. The maximum atomic E-state index is 13.8. The number of amides is 1. The zero-order valence-corrected chi connectivity index (χ0v) is 18.6. The highest BCUT2D eigenvalue weighted by atomic mass is 16.4. The van der Waals surface area contributed by atoms with Crippen molar-refractivity contribution in [3.63, 3.8) is 0 Å². The Morgan fingerprint density at radius 2 is 1.20 bits per heavy atom. The summed E-state index contributed by atoms with van der Waals surface area (Å²) in [5.74, 6) is -3.49. The molecule has 5 nitrogen and oxygen atoms in total. The fourth-order valence-corrected chi connectivity index (χ4v) is 6.32. The average molecular weight is 460 g/mol. The van der Waals surface area contributed by atoms with Crippen LogP contribution in [0, 0.1) is 11.8 Å². The SMILES string of the molecule is O=C(O)C1C2c3ccccc3C(c3ccccc32)C1C(=O)Nc1ccc2c(c1)oc1ccccc12. The van der Waals surface area contributed by atoms with Gasteiger partial charge in [-0.15, -0.1) is 0 Å². The van der Waals surface area contributed by atoms with E-state index in [1.165, 1.54) is 0 Å². The Morgan fingerprint density at radius 1 is 0.657 bits per heavy atom. The molecule has 2 atom stereocenters. The Labute approximate surface area is 201 Å². The van der Waals surface area contributed by atoms with Crippen molar-refractivity contribution in [2.24, 2.45) is 11.8 Å². The van der Waals surface area contributed by atoms with Gasteiger partial charge in [-0.25, -0.2) is 0 Å². The number of nitrogens with one attached hydrogen (secondary N) is 1. The molecule has 5 aromatic rings. The van der Waals surface area contributed by atoms with Crippen LogP contribution in [0.15, 0.2) is 95.4 Å². The molecule has 4 aromatic carbocycles. The summed E-state index contributed by atoms with van der Waals surface area (Å²) in [6, 6.07) is 29.3. The first kappa shape index (κ1) is 20.0. The van der Waals surface area contributed by atoms with Crippen LogP contribution in [0.2, 0.25) is 0 Å². The predicted molar refractivity (Wildman–Crippen MR) is 134 cm³/mol. The van der Waals surface area contributed by atoms with Crippen LogP contribution < -0.4 is 5.32 Å². The molecule has 0 radical (unpaired) electrons. The van der Waals surface area contributed by atoms with Gasteiger partial charge in [0.05, 0.1) is 11.8 Å². The molecular weight excluding hydrogens is 438 g/mol. The van der Waals surface area contributed by atoms with E-state index in [9.17, 15) is 14.7 Å². The topological polar surface area (TPSA) is 79.5 Å². The van der Waals surface area contributed by atoms with Crippen LogP contribution in [-0.2, 0) is 9.59 Å². The van der Waals surface area contributed by atoms with E-state index in [0.29, 0.717) is 11.3 Å². The summed E-state index contributed by atoms with van der Waals surface area (Å²) in [6.45, 7) is 0. The number of aliphatic carboxylic acids is 1. The lowest BCUT2D eigenvalue weighted by Crippen LogP contribution is -2.48. The number of hydrogen-bond donors (Lipinski definition) is 2. The summed E-state index contributed by atoms with van der Waals surface area (Å²) in [4.78, 5) is 26.4. The standard InChI is InChI=1S/C30H21NO4/c32-29(31-16-13-14-18-17-7-5-6-12-23(17)35-24(18)15-16)27-25-19-8-1-3-10-21(19)26(28(27)30(33)34)22-11-4-2-9-20(22)25/h1-15,25-28H,(H,31,32)(H,33,34). The molecule has 35 heavy (non-hydrogen) atoms. The molecule has 2 unspecified atom stereocenters. The first-order chi connectivity index (χ1) is 17.1. The number of para-hydroxylation sites is 1. The fraction of sp³-hybridized carbons (Fsp3) is 0.133. The molecule has 2 bridgehead atoms. The van der Waals surface area contributed by atoms with Crippen LogP contribution in [0.3, 0.4) is 0 Å². The molecule has 1 heterocycles. The number of hydrogen-bond acceptors (Lipinski definition) is 3. The molecule has 2 N–H and O–H groups in total. The third kappa shape index (κ3) is 2.81. The van der Waals surface area contributed by atoms with Crippen molar-refractivity contribution in [3.05, 3.63) is 113 Å². The number of fused-ring (bicyclic) bond motifs is 4. The molecule has 1 aromatic heterocycles. The molecule has 0 aliphatic heterocycles. The van der Waals surface area contributed by atoms with Gasteiger partial charge in [0, 0.05) is 34.4 Å². The van der Waals surface area contributed by atoms with E-state index >= 15 is 0 Å². The summed E-state index contributed by atoms with van der Waals surface area (Å²) in [5, 5.41) is 15.3. The summed E-state index contributed by atoms with van der Waals surface area (Å²) < 4.78 is 5.98. The second-order valence-electron chi connectivity index (χ2n) is 9.40. The van der Waals surface area contributed by atoms with Gasteiger partial charge in [0.25, 0.3) is 0 Å². The zero-order valence-electron chi connectivity index (χ0n) is 18.6. The highest BCUT2D eigenvalue weighted by molar-refractivity contribution is 6.07. The number of benzene rings is 4. The molecular formula is C30H21NO4. The largest absolute Gasteiger partial charge is 0.481 e. The van der Waals surface area contributed by atoms with Gasteiger partial charge < -0.3 is 14.8 Å². The summed E-state index contributed by atoms with van der Waals surface area (Å²) in [6.07, 6.45) is 0. The highest BCUT2D eigenvalue weighted by Gasteiger charge is 2.55. The van der Waals surface area contributed by atoms with E-state index in [-0.39, 0.29) is 17.7 Å². The van der Waals surface area contributed by atoms with Gasteiger partial charge >= 0.3 is 5.97 Å². The maximum absolute atomic E-state index is 13.8. The number of carbonyl (C=O) groups excluding carboxylic acids is 1. The van der Waals surface area contributed by atoms with Crippen LogP contribution >= 0.6 is 0 Å². The minimum absolute atomic E-state index is 0.285. The van der Waals surface area contributed by atoms with Gasteiger partial charge in [0.1, 0.15) is 11.2 Å². The first-order valence-electron chi connectivity index (χ1n) is 11.7. The van der Waals surface area contributed by atoms with Crippen LogP contribution in [-0.4, -0.2) is 17.0 Å². The molecule has 5 heteroatoms. The molecule has 0 spiro atoms. The van der Waals surface area contributed by atoms with Gasteiger partial charge in [-0.05, 0) is 40.5 Å². The zero-order chi connectivity index (χ0) is 23.7. The molecule has 8 rings (SSSR count). The summed E-state index contributed by atoms with van der Waals surface area (Å²) in [7, 11) is 0. The normalized spacial score (nSPS) is 22.1. The van der Waals surface area contributed by atoms with Crippen molar-refractivity contribution < 1.29 is 19.1 Å². The summed E-state index contributed by atoms with van der Waals surface area (Å²) >= 11 is 0. The van der Waals surface area contributed by atoms with E-state index < -0.39 is 17.8 Å². The lowest BCUT2D eigenvalue weighted by Gasteiger charge is -2.48. The Bertz CT molecular complexity index is 1620. The monoisotopic (exact) mass is 459 g/mol. The second kappa shape index (κ2) is 7.31. The van der Waals surface area contributed by atoms with Crippen molar-refractivity contribution in [1.82, 2.24) is 0 Å². The molecule has 3 aliphatic rings. The van der Waals surface area contributed by atoms with E-state index in [4.69, 9.17) is 4.42 Å². The van der Waals surface area contributed by atoms with Gasteiger partial charge in [0.2, 0.25) is 5.91 Å². The minimum atomic E-state index is -0.947. The molecule has 3 aliphatic carbocycles. The van der Waals surface area contributed by atoms with Crippen molar-refractivity contribution in [2.45, 2.75) is 11.8 Å². The van der Waals surface area contributed by atoms with Crippen LogP contribution in [0.1, 0.15) is 34.1 Å². The van der Waals surface area contributed by atoms with Crippen LogP contribution in [0.25, 0.3) is 21.9 Å². The number of carboxylic acids is 1. The first-order valence-corrected chi connectivity index (χ1v) is 11.7. The van der Waals surface area contributed by atoms with Gasteiger partial charge in [-0.3, -0.25) is 9.59 Å². The highest BCUT2D eigenvalue weighted by Crippen LogP contribution is 2.58. The van der Waals surface area contributed by atoms with Crippen LogP contribution in [0.4, 0.5) is 5.69 Å². The smallest absolute Gasteiger partial charge is 0.308 e. The number of carbonyl (C=O) groups is 2. The average Bonchev–Trinajstić information content (AvgIpc) is 3.26. The summed E-state index contributed by atoms with van der Waals surface area (Å²) in [5.41, 5.74) is 6.17. The van der Waals surface area contributed by atoms with Crippen molar-refractivity contribution in [1.29, 1.82) is 0 Å². The third-order valence-electron chi connectivity index (χ3n) is 7.67. The Morgan fingerprint density at radius 3 is 1.83 bits per heavy atom. The molecule has 0 fully saturated rings. The fourth-order valence-electron chi connectivity index (χ4n) is 6.32. The quantitative estimate of drug-likeness (QED) is 0.340. The van der Waals surface area contributed by atoms with E-state index in [0.717, 1.165) is 38.6 Å². The predicted octanol–water partition coefficient (Wildman–Crippen LogP) is 6.13.